The monoisotopic (exact) mass is 660 g/mol. The molecule has 0 saturated heterocycles. The number of non-ortho nitro benzene ring substituents is 1. The van der Waals surface area contributed by atoms with E-state index in [0.717, 1.165) is 6.07 Å². The number of carbonyl (C=O) groups is 2. The fourth-order valence-electron chi connectivity index (χ4n) is 5.26. The number of hydrogen-bond donors (Lipinski definition) is 1. The van der Waals surface area contributed by atoms with Crippen LogP contribution in [0.3, 0.4) is 0 Å². The zero-order valence-electron chi connectivity index (χ0n) is 25.8. The van der Waals surface area contributed by atoms with Crippen LogP contribution in [0.2, 0.25) is 0 Å². The number of benzene rings is 4. The van der Waals surface area contributed by atoms with Gasteiger partial charge < -0.3 is 14.8 Å². The van der Waals surface area contributed by atoms with E-state index in [4.69, 9.17) is 9.47 Å². The fraction of sp³-hybridized carbons (Fsp3) is 0.111. The van der Waals surface area contributed by atoms with E-state index in [-0.39, 0.29) is 28.5 Å². The van der Waals surface area contributed by atoms with Crippen molar-refractivity contribution < 1.29 is 24.0 Å². The number of carbonyl (C=O) groups excluding carboxylic acids is 2. The number of nitrogens with one attached hydrogen (secondary N) is 1. The molecule has 1 aromatic heterocycles. The third kappa shape index (κ3) is 6.69. The summed E-state index contributed by atoms with van der Waals surface area (Å²) in [5.74, 6) is -0.212. The van der Waals surface area contributed by atoms with Crippen molar-refractivity contribution in [2.75, 3.05) is 11.9 Å². The van der Waals surface area contributed by atoms with Gasteiger partial charge in [-0.25, -0.2) is 9.79 Å². The number of nitro benzene ring substituents is 1. The van der Waals surface area contributed by atoms with Crippen molar-refractivity contribution in [3.05, 3.63) is 161 Å². The van der Waals surface area contributed by atoms with Crippen molar-refractivity contribution in [3.63, 3.8) is 0 Å². The number of fused-ring (bicyclic) bond motifs is 1. The van der Waals surface area contributed by atoms with E-state index in [1.54, 1.807) is 49.4 Å². The number of amides is 1. The zero-order chi connectivity index (χ0) is 33.8. The molecule has 1 atom stereocenters. The summed E-state index contributed by atoms with van der Waals surface area (Å²) in [5, 5.41) is 14.0. The van der Waals surface area contributed by atoms with Crippen molar-refractivity contribution in [2.45, 2.75) is 19.9 Å². The molecule has 0 radical (unpaired) electrons. The SMILES string of the molecule is CCOc1ccc([C@@H]2C(C(=O)Nc3ccccc3)=C(C)N=c3s/c(=C\c4ccc(OC(=O)c5cccc([N+](=O)[O-])c5)cc4)c(=O)n32)cc1. The van der Waals surface area contributed by atoms with Crippen LogP contribution >= 0.6 is 11.3 Å². The molecule has 0 fully saturated rings. The highest BCUT2D eigenvalue weighted by Gasteiger charge is 2.32. The largest absolute Gasteiger partial charge is 0.494 e. The topological polar surface area (TPSA) is 142 Å². The fourth-order valence-corrected chi connectivity index (χ4v) is 6.30. The van der Waals surface area contributed by atoms with Gasteiger partial charge in [-0.2, -0.15) is 0 Å². The second-order valence-corrected chi connectivity index (χ2v) is 11.7. The van der Waals surface area contributed by atoms with E-state index in [0.29, 0.717) is 49.8 Å². The van der Waals surface area contributed by atoms with Gasteiger partial charge in [-0.1, -0.05) is 59.9 Å². The molecule has 0 aliphatic carbocycles. The van der Waals surface area contributed by atoms with E-state index < -0.39 is 16.9 Å². The molecule has 2 heterocycles. The van der Waals surface area contributed by atoms with Gasteiger partial charge in [0.1, 0.15) is 11.5 Å². The van der Waals surface area contributed by atoms with Crippen LogP contribution in [0, 0.1) is 10.1 Å². The number of nitrogens with zero attached hydrogens (tertiary/aromatic N) is 3. The third-order valence-electron chi connectivity index (χ3n) is 7.49. The zero-order valence-corrected chi connectivity index (χ0v) is 26.6. The maximum Gasteiger partial charge on any atom is 0.343 e. The number of nitro groups is 1. The van der Waals surface area contributed by atoms with Crippen molar-refractivity contribution in [3.8, 4) is 11.5 Å². The minimum absolute atomic E-state index is 0.0450. The Balaban J connectivity index is 1.33. The predicted octanol–water partition coefficient (Wildman–Crippen LogP) is 5.40. The molecule has 0 unspecified atom stereocenters. The van der Waals surface area contributed by atoms with Crippen LogP contribution in [0.5, 0.6) is 11.5 Å². The summed E-state index contributed by atoms with van der Waals surface area (Å²) < 4.78 is 12.9. The first kappa shape index (κ1) is 31.8. The molecule has 1 aliphatic rings. The van der Waals surface area contributed by atoms with Gasteiger partial charge in [0.15, 0.2) is 4.80 Å². The van der Waals surface area contributed by atoms with Gasteiger partial charge in [0, 0.05) is 17.8 Å². The lowest BCUT2D eigenvalue weighted by molar-refractivity contribution is -0.384. The highest BCUT2D eigenvalue weighted by molar-refractivity contribution is 7.07. The Bertz CT molecular complexity index is 2240. The number of hydrogen-bond acceptors (Lipinski definition) is 9. The number of esters is 1. The van der Waals surface area contributed by atoms with Gasteiger partial charge in [0.25, 0.3) is 17.2 Å². The van der Waals surface area contributed by atoms with E-state index in [9.17, 15) is 24.5 Å². The highest BCUT2D eigenvalue weighted by Crippen LogP contribution is 2.32. The molecule has 1 amide bonds. The quantitative estimate of drug-likeness (QED) is 0.0966. The number of anilines is 1. The van der Waals surface area contributed by atoms with Crippen LogP contribution in [0.4, 0.5) is 11.4 Å². The molecule has 4 aromatic carbocycles. The smallest absolute Gasteiger partial charge is 0.343 e. The Hall–Kier alpha value is -6.14. The summed E-state index contributed by atoms with van der Waals surface area (Å²) >= 11 is 1.20. The van der Waals surface area contributed by atoms with Crippen molar-refractivity contribution in [1.29, 1.82) is 0 Å². The summed E-state index contributed by atoms with van der Waals surface area (Å²) in [6.07, 6.45) is 1.70. The molecular weight excluding hydrogens is 632 g/mol. The number of allylic oxidation sites excluding steroid dienone is 1. The lowest BCUT2D eigenvalue weighted by Gasteiger charge is -2.25. The summed E-state index contributed by atoms with van der Waals surface area (Å²) in [6, 6.07) is 27.4. The Morgan fingerprint density at radius 1 is 0.979 bits per heavy atom. The van der Waals surface area contributed by atoms with Gasteiger partial charge in [-0.05, 0) is 73.5 Å². The van der Waals surface area contributed by atoms with E-state index >= 15 is 0 Å². The van der Waals surface area contributed by atoms with Gasteiger partial charge in [-0.15, -0.1) is 0 Å². The Kier molecular flexibility index (Phi) is 9.08. The minimum Gasteiger partial charge on any atom is -0.494 e. The summed E-state index contributed by atoms with van der Waals surface area (Å²) in [6.45, 7) is 4.15. The first-order chi connectivity index (χ1) is 23.2. The van der Waals surface area contributed by atoms with Crippen LogP contribution in [0.1, 0.15) is 41.4 Å². The number of ether oxygens (including phenoxy) is 2. The van der Waals surface area contributed by atoms with Gasteiger partial charge in [-0.3, -0.25) is 24.3 Å². The molecule has 0 spiro atoms. The molecule has 0 saturated carbocycles. The van der Waals surface area contributed by atoms with Gasteiger partial charge in [0.2, 0.25) is 0 Å². The number of aromatic nitrogens is 1. The maximum atomic E-state index is 14.0. The minimum atomic E-state index is -0.751. The van der Waals surface area contributed by atoms with Gasteiger partial charge in [0.05, 0.1) is 38.9 Å². The molecule has 48 heavy (non-hydrogen) atoms. The van der Waals surface area contributed by atoms with Gasteiger partial charge >= 0.3 is 5.97 Å². The Morgan fingerprint density at radius 3 is 2.38 bits per heavy atom. The second kappa shape index (κ2) is 13.7. The molecule has 6 rings (SSSR count). The van der Waals surface area contributed by atoms with Crippen LogP contribution in [0.15, 0.2) is 124 Å². The van der Waals surface area contributed by atoms with Crippen LogP contribution in [-0.2, 0) is 4.79 Å². The molecule has 11 nitrogen and oxygen atoms in total. The molecular formula is C36H28N4O7S. The molecule has 12 heteroatoms. The Morgan fingerprint density at radius 2 is 1.69 bits per heavy atom. The number of rotatable bonds is 9. The molecule has 1 N–H and O–H groups in total. The first-order valence-electron chi connectivity index (χ1n) is 14.9. The lowest BCUT2D eigenvalue weighted by Crippen LogP contribution is -2.40. The van der Waals surface area contributed by atoms with Crippen LogP contribution in [-0.4, -0.2) is 28.0 Å². The average molecular weight is 661 g/mol. The molecule has 0 bridgehead atoms. The van der Waals surface area contributed by atoms with E-state index in [2.05, 4.69) is 10.3 Å². The summed E-state index contributed by atoms with van der Waals surface area (Å²) in [5.41, 5.74) is 2.33. The highest BCUT2D eigenvalue weighted by atomic mass is 32.1. The van der Waals surface area contributed by atoms with Crippen LogP contribution < -0.4 is 29.7 Å². The summed E-state index contributed by atoms with van der Waals surface area (Å²) in [4.78, 5) is 56.0. The summed E-state index contributed by atoms with van der Waals surface area (Å²) in [7, 11) is 0. The lowest BCUT2D eigenvalue weighted by atomic mass is 9.95. The number of para-hydroxylation sites is 1. The van der Waals surface area contributed by atoms with Crippen molar-refractivity contribution in [1.82, 2.24) is 4.57 Å². The standard InChI is InChI=1S/C36H28N4O7S/c1-3-46-28-18-14-24(15-19-28)32-31(33(41)38-26-9-5-4-6-10-26)22(2)37-36-39(32)34(42)30(48-36)20-23-12-16-29(17-13-23)47-35(43)25-8-7-11-27(21-25)40(44)45/h4-21,32H,3H2,1-2H3,(H,38,41)/b30-20-/t32-/m1/s1. The first-order valence-corrected chi connectivity index (χ1v) is 15.7. The Labute approximate surface area is 277 Å². The molecule has 240 valence electrons. The van der Waals surface area contributed by atoms with Crippen molar-refractivity contribution in [2.24, 2.45) is 4.99 Å². The van der Waals surface area contributed by atoms with E-state index in [1.165, 1.54) is 34.1 Å². The molecule has 1 aliphatic heterocycles. The predicted molar refractivity (Wildman–Crippen MR) is 181 cm³/mol. The molecule has 5 aromatic rings. The third-order valence-corrected chi connectivity index (χ3v) is 8.47. The number of thiazole rings is 1. The second-order valence-electron chi connectivity index (χ2n) is 10.7. The maximum absolute atomic E-state index is 14.0. The van der Waals surface area contributed by atoms with Crippen LogP contribution in [0.25, 0.3) is 6.08 Å². The average Bonchev–Trinajstić information content (AvgIpc) is 3.39. The van der Waals surface area contributed by atoms with Crippen molar-refractivity contribution >= 4 is 40.7 Å². The van der Waals surface area contributed by atoms with E-state index in [1.807, 2.05) is 49.4 Å². The normalized spacial score (nSPS) is 14.1.